The van der Waals surface area contributed by atoms with E-state index in [9.17, 15) is 0 Å². The molecule has 2 aliphatic rings. The van der Waals surface area contributed by atoms with Crippen molar-refractivity contribution < 1.29 is 4.74 Å². The second-order valence-electron chi connectivity index (χ2n) is 20.2. The van der Waals surface area contributed by atoms with Gasteiger partial charge in [0.2, 0.25) is 0 Å². The fourth-order valence-corrected chi connectivity index (χ4v) is 13.9. The van der Waals surface area contributed by atoms with Gasteiger partial charge in [-0.3, -0.25) is 4.57 Å². The van der Waals surface area contributed by atoms with E-state index < -0.39 is 13.3 Å². The molecule has 1 spiro atoms. The van der Waals surface area contributed by atoms with Gasteiger partial charge >= 0.3 is 0 Å². The van der Waals surface area contributed by atoms with Gasteiger partial charge in [-0.2, -0.15) is 0 Å². The molecule has 348 valence electrons. The van der Waals surface area contributed by atoms with Crippen LogP contribution in [0.25, 0.3) is 49.9 Å². The molecule has 5 nitrogen and oxygen atoms in total. The lowest BCUT2D eigenvalue weighted by atomic mass is 9.67. The molecule has 0 saturated heterocycles. The minimum absolute atomic E-state index is 0.0526. The van der Waals surface area contributed by atoms with Crippen molar-refractivity contribution in [3.63, 3.8) is 0 Å². The fourth-order valence-electron chi connectivity index (χ4n) is 11.8. The molecule has 0 amide bonds. The van der Waals surface area contributed by atoms with Crippen molar-refractivity contribution in [1.29, 1.82) is 0 Å². The molecular formula is C66H53N4OP. The molecule has 0 radical (unpaired) electrons. The smallest absolute Gasteiger partial charge is 0.137 e. The molecule has 0 unspecified atom stereocenters. The number of nitrogens with one attached hydrogen (secondary N) is 1. The molecular weight excluding hydrogens is 896 g/mol. The second-order valence-corrected chi connectivity index (χ2v) is 22.2. The lowest BCUT2D eigenvalue weighted by Gasteiger charge is -2.43. The van der Waals surface area contributed by atoms with E-state index in [0.717, 1.165) is 73.4 Å². The SMILES string of the molecule is CN(c1ccccc1Nc1cccc(Oc2cc3c4c5c(cccc5n(-c5cc(C(C)(C)C)ccn5)c4c2)C32c3ccccc3P(C)c3ccccc32)c1)c1c(-c2ccccc2)cccc1-c1ccccc1. The Hall–Kier alpha value is -8.24. The van der Waals surface area contributed by atoms with E-state index in [2.05, 4.69) is 268 Å². The summed E-state index contributed by atoms with van der Waals surface area (Å²) in [7, 11) is 1.59. The number of aromatic nitrogens is 2. The van der Waals surface area contributed by atoms with Crippen LogP contribution in [-0.4, -0.2) is 23.3 Å². The third-order valence-corrected chi connectivity index (χ3v) is 17.2. The third-order valence-electron chi connectivity index (χ3n) is 15.0. The number of nitrogens with zero attached hydrogens (tertiary/aromatic N) is 3. The molecule has 1 aliphatic heterocycles. The zero-order valence-electron chi connectivity index (χ0n) is 41.1. The molecule has 0 atom stereocenters. The van der Waals surface area contributed by atoms with Gasteiger partial charge in [0.15, 0.2) is 0 Å². The monoisotopic (exact) mass is 948 g/mol. The Morgan fingerprint density at radius 3 is 1.83 bits per heavy atom. The molecule has 0 bridgehead atoms. The van der Waals surface area contributed by atoms with Gasteiger partial charge in [-0.15, -0.1) is 0 Å². The molecule has 2 aromatic heterocycles. The van der Waals surface area contributed by atoms with Crippen molar-refractivity contribution >= 4 is 63.1 Å². The van der Waals surface area contributed by atoms with Crippen molar-refractivity contribution in [2.24, 2.45) is 0 Å². The van der Waals surface area contributed by atoms with Crippen molar-refractivity contribution in [2.45, 2.75) is 31.6 Å². The Labute approximate surface area is 422 Å². The van der Waals surface area contributed by atoms with Gasteiger partial charge in [-0.25, -0.2) is 4.98 Å². The van der Waals surface area contributed by atoms with E-state index in [1.54, 1.807) is 0 Å². The molecule has 0 saturated carbocycles. The van der Waals surface area contributed by atoms with Gasteiger partial charge in [-0.1, -0.05) is 178 Å². The predicted molar refractivity (Wildman–Crippen MR) is 303 cm³/mol. The van der Waals surface area contributed by atoms with Crippen LogP contribution in [0.4, 0.5) is 22.7 Å². The first-order chi connectivity index (χ1) is 35.2. The van der Waals surface area contributed by atoms with E-state index in [-0.39, 0.29) is 5.41 Å². The van der Waals surface area contributed by atoms with E-state index in [0.29, 0.717) is 0 Å². The van der Waals surface area contributed by atoms with E-state index >= 15 is 0 Å². The van der Waals surface area contributed by atoms with Gasteiger partial charge in [0.05, 0.1) is 33.5 Å². The van der Waals surface area contributed by atoms with Crippen molar-refractivity contribution in [1.82, 2.24) is 9.55 Å². The van der Waals surface area contributed by atoms with E-state index in [4.69, 9.17) is 9.72 Å². The number of pyridine rings is 1. The summed E-state index contributed by atoms with van der Waals surface area (Å²) in [5.41, 5.74) is 16.9. The maximum Gasteiger partial charge on any atom is 0.137 e. The Morgan fingerprint density at radius 2 is 1.14 bits per heavy atom. The van der Waals surface area contributed by atoms with Crippen LogP contribution < -0.4 is 25.6 Å². The van der Waals surface area contributed by atoms with Crippen molar-refractivity contribution in [2.75, 3.05) is 23.9 Å². The van der Waals surface area contributed by atoms with E-state index in [1.165, 1.54) is 49.2 Å². The summed E-state index contributed by atoms with van der Waals surface area (Å²) in [6.45, 7) is 9.21. The molecule has 13 rings (SSSR count). The number of para-hydroxylation sites is 3. The van der Waals surface area contributed by atoms with Crippen LogP contribution in [0.1, 0.15) is 48.6 Å². The van der Waals surface area contributed by atoms with Crippen LogP contribution >= 0.6 is 7.92 Å². The molecule has 3 heterocycles. The summed E-state index contributed by atoms with van der Waals surface area (Å²) in [6.07, 6.45) is 1.96. The van der Waals surface area contributed by atoms with Gasteiger partial charge in [0, 0.05) is 53.0 Å². The average molecular weight is 949 g/mol. The summed E-state index contributed by atoms with van der Waals surface area (Å²) in [5, 5.41) is 9.20. The Bertz CT molecular complexity index is 3800. The topological polar surface area (TPSA) is 42.3 Å². The number of anilines is 4. The molecule has 1 N–H and O–H groups in total. The zero-order valence-corrected chi connectivity index (χ0v) is 42.0. The van der Waals surface area contributed by atoms with Crippen LogP contribution in [0.5, 0.6) is 11.5 Å². The lowest BCUT2D eigenvalue weighted by molar-refractivity contribution is 0.482. The summed E-state index contributed by atoms with van der Waals surface area (Å²) in [6, 6.07) is 79.0. The van der Waals surface area contributed by atoms with Crippen LogP contribution in [0, 0.1) is 0 Å². The molecule has 6 heteroatoms. The predicted octanol–water partition coefficient (Wildman–Crippen LogP) is 16.2. The van der Waals surface area contributed by atoms with Crippen LogP contribution in [0.15, 0.2) is 225 Å². The van der Waals surface area contributed by atoms with Crippen LogP contribution in [0.3, 0.4) is 0 Å². The third kappa shape index (κ3) is 6.83. The fraction of sp³-hybridized carbons (Fsp3) is 0.106. The number of hydrogen-bond acceptors (Lipinski definition) is 4. The first-order valence-electron chi connectivity index (χ1n) is 24.8. The van der Waals surface area contributed by atoms with Crippen molar-refractivity contribution in [3.8, 4) is 39.6 Å². The van der Waals surface area contributed by atoms with Gasteiger partial charge < -0.3 is 15.0 Å². The minimum atomic E-state index is -0.576. The number of rotatable bonds is 9. The maximum absolute atomic E-state index is 7.19. The zero-order chi connectivity index (χ0) is 48.7. The number of fused-ring (bicyclic) bond motifs is 6. The van der Waals surface area contributed by atoms with Crippen molar-refractivity contribution in [3.05, 3.63) is 252 Å². The van der Waals surface area contributed by atoms with Gasteiger partial charge in [-0.05, 0) is 118 Å². The van der Waals surface area contributed by atoms with Crippen LogP contribution in [-0.2, 0) is 10.8 Å². The average Bonchev–Trinajstić information content (AvgIpc) is 3.93. The highest BCUT2D eigenvalue weighted by Gasteiger charge is 2.51. The highest BCUT2D eigenvalue weighted by atomic mass is 31.1. The molecule has 9 aromatic carbocycles. The molecule has 1 aliphatic carbocycles. The number of hydrogen-bond donors (Lipinski definition) is 1. The first-order valence-corrected chi connectivity index (χ1v) is 26.6. The van der Waals surface area contributed by atoms with E-state index in [1.807, 2.05) is 6.20 Å². The number of ether oxygens (including phenoxy) is 1. The Balaban J connectivity index is 0.943. The highest BCUT2D eigenvalue weighted by Crippen LogP contribution is 2.61. The maximum atomic E-state index is 7.19. The normalized spacial score (nSPS) is 15.5. The Kier molecular flexibility index (Phi) is 10.3. The molecule has 0 fully saturated rings. The summed E-state index contributed by atoms with van der Waals surface area (Å²) >= 11 is 0. The number of benzene rings is 9. The van der Waals surface area contributed by atoms with Gasteiger partial charge in [0.1, 0.15) is 17.3 Å². The summed E-state index contributed by atoms with van der Waals surface area (Å²) in [4.78, 5) is 7.41. The van der Waals surface area contributed by atoms with Crippen LogP contribution in [0.2, 0.25) is 0 Å². The largest absolute Gasteiger partial charge is 0.457 e. The minimum Gasteiger partial charge on any atom is -0.457 e. The Morgan fingerprint density at radius 1 is 0.542 bits per heavy atom. The van der Waals surface area contributed by atoms with Gasteiger partial charge in [0.25, 0.3) is 0 Å². The molecule has 72 heavy (non-hydrogen) atoms. The quantitative estimate of drug-likeness (QED) is 0.146. The second kappa shape index (κ2) is 17.0. The molecule has 11 aromatic rings. The standard InChI is InChI=1S/C66H53N4OP/c1-65(2,3)45-37-38-67-61(39-45)70-57-34-20-31-53-62(57)63-54(66(53)51-29-12-16-35-59(51)72(5)60-36-17-13-30-52(60)66)41-48(42-58(63)70)71-47-26-18-25-46(40-47)68-55-32-14-15-33-56(55)69(4)64-49(43-21-8-6-9-22-43)27-19-28-50(64)44-23-10-7-11-24-44/h6-42,68H,1-5H3. The first kappa shape index (κ1) is 43.8. The summed E-state index contributed by atoms with van der Waals surface area (Å²) < 4.78 is 9.55. The highest BCUT2D eigenvalue weighted by molar-refractivity contribution is 7.72. The lowest BCUT2D eigenvalue weighted by Crippen LogP contribution is -2.42. The summed E-state index contributed by atoms with van der Waals surface area (Å²) in [5.74, 6) is 2.41.